The number of rotatable bonds is 19. The molecule has 0 unspecified atom stereocenters. The number of H-pyrrole nitrogens is 1. The largest absolute Gasteiger partial charge is 0.481 e. The predicted molar refractivity (Wildman–Crippen MR) is 183 cm³/mol. The number of carboxylic acids is 1. The number of aryl methyl sites for hydroxylation is 4. The van der Waals surface area contributed by atoms with Crippen molar-refractivity contribution in [3.63, 3.8) is 0 Å². The quantitative estimate of drug-likeness (QED) is 0.0908. The predicted octanol–water partition coefficient (Wildman–Crippen LogP) is 6.06. The zero-order valence-electron chi connectivity index (χ0n) is 25.8. The van der Waals surface area contributed by atoms with Gasteiger partial charge in [-0.15, -0.1) is 34.8 Å². The minimum Gasteiger partial charge on any atom is -0.481 e. The van der Waals surface area contributed by atoms with E-state index in [0.717, 1.165) is 50.7 Å². The van der Waals surface area contributed by atoms with Gasteiger partial charge in [0.05, 0.1) is 28.6 Å². The lowest BCUT2D eigenvalue weighted by atomic mass is 10.1. The number of nitrogens with one attached hydrogen (secondary N) is 1. The van der Waals surface area contributed by atoms with Gasteiger partial charge in [-0.05, 0) is 50.1 Å². The van der Waals surface area contributed by atoms with Crippen LogP contribution in [0.2, 0.25) is 0 Å². The summed E-state index contributed by atoms with van der Waals surface area (Å²) in [5.74, 6) is 2.08. The number of carbonyl (C=O) groups excluding carboxylic acids is 1. The van der Waals surface area contributed by atoms with Crippen LogP contribution in [-0.2, 0) is 34.2 Å². The molecule has 0 spiro atoms. The molecule has 4 rings (SSSR count). The van der Waals surface area contributed by atoms with Crippen LogP contribution in [0.1, 0.15) is 42.9 Å². The molecule has 0 saturated heterocycles. The van der Waals surface area contributed by atoms with Gasteiger partial charge in [0, 0.05) is 86.9 Å². The maximum atomic E-state index is 12.5. The van der Waals surface area contributed by atoms with Crippen LogP contribution in [0.15, 0.2) is 30.3 Å². The van der Waals surface area contributed by atoms with Gasteiger partial charge in [0.2, 0.25) is 0 Å². The van der Waals surface area contributed by atoms with E-state index in [1.807, 2.05) is 35.9 Å². The van der Waals surface area contributed by atoms with Gasteiger partial charge >= 0.3 is 11.9 Å². The van der Waals surface area contributed by atoms with Crippen molar-refractivity contribution in [2.24, 2.45) is 7.05 Å². The lowest BCUT2D eigenvalue weighted by molar-refractivity contribution is -0.143. The fourth-order valence-electron chi connectivity index (χ4n) is 5.54. The van der Waals surface area contributed by atoms with Crippen LogP contribution in [-0.4, -0.2) is 87.0 Å². The molecule has 2 N–H and O–H groups in total. The van der Waals surface area contributed by atoms with E-state index in [1.165, 1.54) is 0 Å². The highest BCUT2D eigenvalue weighted by atomic mass is 35.5. The summed E-state index contributed by atoms with van der Waals surface area (Å²) < 4.78 is 7.57. The van der Waals surface area contributed by atoms with Gasteiger partial charge in [0.1, 0.15) is 18.3 Å². The van der Waals surface area contributed by atoms with Crippen molar-refractivity contribution in [2.45, 2.75) is 45.4 Å². The van der Waals surface area contributed by atoms with Gasteiger partial charge < -0.3 is 29.2 Å². The lowest BCUT2D eigenvalue weighted by Gasteiger charge is -2.24. The molecule has 10 nitrogen and oxygen atoms in total. The second kappa shape index (κ2) is 16.9. The van der Waals surface area contributed by atoms with E-state index >= 15 is 0 Å². The van der Waals surface area contributed by atoms with Crippen molar-refractivity contribution < 1.29 is 19.4 Å². The van der Waals surface area contributed by atoms with Crippen molar-refractivity contribution >= 4 is 80.2 Å². The number of aromatic amines is 1. The van der Waals surface area contributed by atoms with E-state index in [9.17, 15) is 9.59 Å². The summed E-state index contributed by atoms with van der Waals surface area (Å²) in [4.78, 5) is 40.6. The van der Waals surface area contributed by atoms with Crippen molar-refractivity contribution in [2.75, 3.05) is 60.2 Å². The fourth-order valence-corrected chi connectivity index (χ4v) is 6.15. The van der Waals surface area contributed by atoms with E-state index in [1.54, 1.807) is 0 Å². The summed E-state index contributed by atoms with van der Waals surface area (Å²) in [6.07, 6.45) is 2.78. The summed E-state index contributed by atoms with van der Waals surface area (Å²) in [5.41, 5.74) is 6.76. The van der Waals surface area contributed by atoms with Gasteiger partial charge in [-0.2, -0.15) is 0 Å². The zero-order chi connectivity index (χ0) is 32.3. The highest BCUT2D eigenvalue weighted by Gasteiger charge is 2.16. The third kappa shape index (κ3) is 9.17. The Balaban J connectivity index is 1.28. The topological polar surface area (TPSA) is 117 Å². The summed E-state index contributed by atoms with van der Waals surface area (Å²) in [6, 6.07) is 10.1. The van der Waals surface area contributed by atoms with Crippen LogP contribution in [0, 0.1) is 6.92 Å². The molecule has 0 radical (unpaired) electrons. The maximum absolute atomic E-state index is 12.5. The normalized spacial score (nSPS) is 11.4. The second-order valence-corrected chi connectivity index (χ2v) is 12.0. The summed E-state index contributed by atoms with van der Waals surface area (Å²) in [5, 5.41) is 8.94. The Morgan fingerprint density at radius 2 is 1.64 bits per heavy atom. The van der Waals surface area contributed by atoms with E-state index in [2.05, 4.69) is 27.8 Å². The average Bonchev–Trinajstić information content (AvgIpc) is 3.57. The van der Waals surface area contributed by atoms with Gasteiger partial charge in [0.25, 0.3) is 0 Å². The van der Waals surface area contributed by atoms with Crippen LogP contribution in [0.25, 0.3) is 22.1 Å². The molecule has 4 aromatic rings. The first-order chi connectivity index (χ1) is 21.7. The van der Waals surface area contributed by atoms with Crippen LogP contribution < -0.4 is 9.80 Å². The molecule has 2 aromatic carbocycles. The molecule has 13 heteroatoms. The molecule has 2 heterocycles. The number of carboxylic acid groups (broad SMARTS) is 1. The number of benzene rings is 2. The summed E-state index contributed by atoms with van der Waals surface area (Å²) >= 11 is 18.1. The number of ether oxygens (including phenoxy) is 1. The number of halogens is 3. The Hall–Kier alpha value is -3.21. The van der Waals surface area contributed by atoms with Crippen molar-refractivity contribution in [1.29, 1.82) is 0 Å². The summed E-state index contributed by atoms with van der Waals surface area (Å²) in [6.45, 7) is 4.80. The third-order valence-corrected chi connectivity index (χ3v) is 8.37. The SMILES string of the molecule is Cc1c(N(CCCl)CCCl)ccc2[nH]c(CCCC(=O)OCCN(CCCl)c3ccc4c(c3)nc(CCCC(=O)O)n4C)nc12. The van der Waals surface area contributed by atoms with Crippen molar-refractivity contribution in [3.05, 3.63) is 47.5 Å². The number of hydrogen-bond donors (Lipinski definition) is 2. The number of carbonyl (C=O) groups is 2. The first-order valence-electron chi connectivity index (χ1n) is 15.2. The lowest BCUT2D eigenvalue weighted by Crippen LogP contribution is -2.30. The minimum atomic E-state index is -0.807. The Morgan fingerprint density at radius 1 is 0.933 bits per heavy atom. The number of hydrogen-bond acceptors (Lipinski definition) is 7. The van der Waals surface area contributed by atoms with E-state index in [0.29, 0.717) is 75.9 Å². The summed E-state index contributed by atoms with van der Waals surface area (Å²) in [7, 11) is 1.94. The Kier molecular flexibility index (Phi) is 13.0. The molecule has 0 atom stereocenters. The van der Waals surface area contributed by atoms with Crippen molar-refractivity contribution in [3.8, 4) is 0 Å². The van der Waals surface area contributed by atoms with Crippen LogP contribution in [0.5, 0.6) is 0 Å². The number of imidazole rings is 2. The first kappa shape index (κ1) is 34.7. The number of alkyl halides is 3. The van der Waals surface area contributed by atoms with Crippen molar-refractivity contribution in [1.82, 2.24) is 19.5 Å². The second-order valence-electron chi connectivity index (χ2n) is 10.9. The number of aromatic nitrogens is 4. The van der Waals surface area contributed by atoms with Crippen LogP contribution in [0.4, 0.5) is 11.4 Å². The average molecular weight is 680 g/mol. The third-order valence-electron chi connectivity index (χ3n) is 7.86. The Morgan fingerprint density at radius 3 is 2.36 bits per heavy atom. The highest BCUT2D eigenvalue weighted by molar-refractivity contribution is 6.18. The van der Waals surface area contributed by atoms with Crippen LogP contribution >= 0.6 is 34.8 Å². The van der Waals surface area contributed by atoms with Crippen LogP contribution in [0.3, 0.4) is 0 Å². The number of nitrogens with zero attached hydrogens (tertiary/aromatic N) is 5. The molecule has 2 aromatic heterocycles. The number of fused-ring (bicyclic) bond motifs is 2. The van der Waals surface area contributed by atoms with Gasteiger partial charge in [-0.1, -0.05) is 0 Å². The molecule has 244 valence electrons. The standard InChI is InChI=1S/C32H41Cl3N6O4/c1-22-26(41(17-14-34)18-15-35)12-10-24-32(22)38-28(36-24)5-3-8-31(44)45-20-19-40(16-13-33)23-9-11-27-25(21-23)37-29(39(27)2)6-4-7-30(42)43/h9-12,21H,3-8,13-20H2,1-2H3,(H,36,38)(H,42,43). The minimum absolute atomic E-state index is 0.113. The molecule has 45 heavy (non-hydrogen) atoms. The van der Waals surface area contributed by atoms with E-state index in [-0.39, 0.29) is 19.0 Å². The number of esters is 1. The molecule has 0 amide bonds. The number of anilines is 2. The Bertz CT molecular complexity index is 1580. The molecule has 0 fully saturated rings. The highest BCUT2D eigenvalue weighted by Crippen LogP contribution is 2.28. The molecule has 0 saturated carbocycles. The van der Waals surface area contributed by atoms with Gasteiger partial charge in [0.15, 0.2) is 0 Å². The molecule has 0 aliphatic rings. The molecular weight excluding hydrogens is 639 g/mol. The molecule has 0 aliphatic heterocycles. The fraction of sp³-hybridized carbons (Fsp3) is 0.500. The first-order valence-corrected chi connectivity index (χ1v) is 16.8. The maximum Gasteiger partial charge on any atom is 0.305 e. The smallest absolute Gasteiger partial charge is 0.305 e. The van der Waals surface area contributed by atoms with E-state index < -0.39 is 5.97 Å². The number of aliphatic carboxylic acids is 1. The van der Waals surface area contributed by atoms with Gasteiger partial charge in [-0.3, -0.25) is 9.59 Å². The zero-order valence-corrected chi connectivity index (χ0v) is 28.1. The van der Waals surface area contributed by atoms with E-state index in [4.69, 9.17) is 54.6 Å². The van der Waals surface area contributed by atoms with Gasteiger partial charge in [-0.25, -0.2) is 9.97 Å². The molecule has 0 aliphatic carbocycles. The Labute approximate surface area is 278 Å². The monoisotopic (exact) mass is 678 g/mol. The molecule has 0 bridgehead atoms. The molecular formula is C32H41Cl3N6O4.